The van der Waals surface area contributed by atoms with Gasteiger partial charge in [-0.15, -0.1) is 0 Å². The number of hydrogen-bond donors (Lipinski definition) is 2. The third kappa shape index (κ3) is 4.57. The van der Waals surface area contributed by atoms with E-state index in [0.29, 0.717) is 18.7 Å². The van der Waals surface area contributed by atoms with Crippen LogP contribution in [0.1, 0.15) is 54.0 Å². The highest BCUT2D eigenvalue weighted by Gasteiger charge is 2.51. The standard InChI is InChI=1S/C25H25F3N8O2/c1-2-4-19(37)34-8-7-24(14-34)9-17(10-24)36-22(29)20(23(30)38)21(33-36)15-11-31-35(12-15)13-16-5-3-6-18(32-16)25(26,27)28/h3,5-6,11-12,17H,7-10,13-14,29H2,1H3,(H2,30,38). The number of hydrogen-bond acceptors (Lipinski definition) is 6. The van der Waals surface area contributed by atoms with Gasteiger partial charge in [-0.1, -0.05) is 12.0 Å². The van der Waals surface area contributed by atoms with E-state index in [1.54, 1.807) is 22.7 Å². The molecule has 1 aliphatic heterocycles. The topological polar surface area (TPSA) is 138 Å². The second kappa shape index (κ2) is 9.20. The second-order valence-corrected chi connectivity index (χ2v) is 9.77. The number of likely N-dealkylation sites (tertiary alicyclic amines) is 1. The normalized spacial score (nSPS) is 20.7. The van der Waals surface area contributed by atoms with Crippen molar-refractivity contribution in [3.8, 4) is 23.1 Å². The summed E-state index contributed by atoms with van der Waals surface area (Å²) in [5.41, 5.74) is 11.8. The molecule has 0 radical (unpaired) electrons. The van der Waals surface area contributed by atoms with Crippen LogP contribution in [-0.4, -0.2) is 54.3 Å². The molecular formula is C25H25F3N8O2. The summed E-state index contributed by atoms with van der Waals surface area (Å²) in [5.74, 6) is 4.43. The number of rotatable bonds is 5. The maximum Gasteiger partial charge on any atom is 0.433 e. The maximum atomic E-state index is 13.0. The molecule has 2 amide bonds. The molecule has 2 fully saturated rings. The van der Waals surface area contributed by atoms with Crippen LogP contribution in [0.15, 0.2) is 30.6 Å². The number of amides is 2. The van der Waals surface area contributed by atoms with Crippen molar-refractivity contribution in [1.29, 1.82) is 0 Å². The minimum Gasteiger partial charge on any atom is -0.383 e. The number of nitrogens with zero attached hydrogens (tertiary/aromatic N) is 6. The zero-order chi connectivity index (χ0) is 27.2. The number of alkyl halides is 3. The van der Waals surface area contributed by atoms with E-state index >= 15 is 0 Å². The Morgan fingerprint density at radius 3 is 2.71 bits per heavy atom. The molecule has 0 atom stereocenters. The number of halogens is 3. The minimum atomic E-state index is -4.55. The second-order valence-electron chi connectivity index (χ2n) is 9.77. The molecule has 198 valence electrons. The van der Waals surface area contributed by atoms with Crippen LogP contribution in [0.3, 0.4) is 0 Å². The fourth-order valence-corrected chi connectivity index (χ4v) is 5.38. The first kappa shape index (κ1) is 25.3. The number of anilines is 1. The Balaban J connectivity index is 1.35. The van der Waals surface area contributed by atoms with Crippen molar-refractivity contribution in [1.82, 2.24) is 29.4 Å². The molecule has 0 unspecified atom stereocenters. The van der Waals surface area contributed by atoms with Gasteiger partial charge in [-0.05, 0) is 49.7 Å². The fraction of sp³-hybridized carbons (Fsp3) is 0.400. The van der Waals surface area contributed by atoms with Crippen molar-refractivity contribution in [3.05, 3.63) is 47.5 Å². The molecule has 1 saturated heterocycles. The third-order valence-electron chi connectivity index (χ3n) is 7.16. The lowest BCUT2D eigenvalue weighted by molar-refractivity contribution is -0.141. The number of nitrogen functional groups attached to an aromatic ring is 1. The maximum absolute atomic E-state index is 13.0. The monoisotopic (exact) mass is 526 g/mol. The predicted molar refractivity (Wildman–Crippen MR) is 130 cm³/mol. The SMILES string of the molecule is CC#CC(=O)N1CCC2(CC(n3nc(-c4cnn(Cc5cccc(C(F)(F)F)n5)c4)c(C(N)=O)c3N)C2)C1. The average Bonchev–Trinajstić information content (AvgIpc) is 3.55. The molecule has 5 rings (SSSR count). The van der Waals surface area contributed by atoms with Gasteiger partial charge in [0, 0.05) is 24.8 Å². The van der Waals surface area contributed by atoms with Crippen molar-refractivity contribution in [3.63, 3.8) is 0 Å². The van der Waals surface area contributed by atoms with E-state index in [1.165, 1.54) is 23.0 Å². The molecular weight excluding hydrogens is 501 g/mol. The van der Waals surface area contributed by atoms with Crippen LogP contribution in [0.2, 0.25) is 0 Å². The molecule has 10 nitrogen and oxygen atoms in total. The Labute approximate surface area is 215 Å². The van der Waals surface area contributed by atoms with E-state index in [9.17, 15) is 22.8 Å². The zero-order valence-corrected chi connectivity index (χ0v) is 20.5. The number of pyridine rings is 1. The summed E-state index contributed by atoms with van der Waals surface area (Å²) in [6, 6.07) is 3.58. The minimum absolute atomic E-state index is 0.0191. The van der Waals surface area contributed by atoms with Crippen LogP contribution >= 0.6 is 0 Å². The molecule has 4 heterocycles. The van der Waals surface area contributed by atoms with E-state index in [-0.39, 0.29) is 46.7 Å². The molecule has 3 aromatic heterocycles. The van der Waals surface area contributed by atoms with Crippen LogP contribution in [-0.2, 0) is 17.5 Å². The number of nitrogens with two attached hydrogens (primary N) is 2. The number of carbonyl (C=O) groups is 2. The van der Waals surface area contributed by atoms with Gasteiger partial charge in [-0.25, -0.2) is 9.67 Å². The predicted octanol–water partition coefficient (Wildman–Crippen LogP) is 2.47. The molecule has 1 spiro atoms. The summed E-state index contributed by atoms with van der Waals surface area (Å²) < 4.78 is 42.0. The highest BCUT2D eigenvalue weighted by atomic mass is 19.4. The van der Waals surface area contributed by atoms with Gasteiger partial charge < -0.3 is 16.4 Å². The Morgan fingerprint density at radius 2 is 2.03 bits per heavy atom. The smallest absolute Gasteiger partial charge is 0.383 e. The first-order valence-corrected chi connectivity index (χ1v) is 11.9. The Bertz CT molecular complexity index is 1470. The van der Waals surface area contributed by atoms with Gasteiger partial charge in [0.2, 0.25) is 0 Å². The van der Waals surface area contributed by atoms with E-state index in [2.05, 4.69) is 27.0 Å². The van der Waals surface area contributed by atoms with Crippen molar-refractivity contribution < 1.29 is 22.8 Å². The number of carbonyl (C=O) groups excluding carboxylic acids is 2. The molecule has 1 saturated carbocycles. The van der Waals surface area contributed by atoms with Crippen molar-refractivity contribution in [2.45, 2.75) is 44.9 Å². The van der Waals surface area contributed by atoms with Crippen LogP contribution in [0.4, 0.5) is 19.0 Å². The summed E-state index contributed by atoms with van der Waals surface area (Å²) in [6.07, 6.45) is 0.776. The Hall–Kier alpha value is -4.34. The van der Waals surface area contributed by atoms with E-state index in [4.69, 9.17) is 11.5 Å². The van der Waals surface area contributed by atoms with Gasteiger partial charge in [0.25, 0.3) is 11.8 Å². The summed E-state index contributed by atoms with van der Waals surface area (Å²) in [6.45, 7) is 2.87. The molecule has 4 N–H and O–H groups in total. The first-order chi connectivity index (χ1) is 18.0. The number of aromatic nitrogens is 5. The van der Waals surface area contributed by atoms with E-state index in [0.717, 1.165) is 25.3 Å². The first-order valence-electron chi connectivity index (χ1n) is 11.9. The highest BCUT2D eigenvalue weighted by Crippen LogP contribution is 2.54. The van der Waals surface area contributed by atoms with Gasteiger partial charge >= 0.3 is 6.18 Å². The van der Waals surface area contributed by atoms with Crippen LogP contribution in [0.5, 0.6) is 0 Å². The fourth-order valence-electron chi connectivity index (χ4n) is 5.38. The quantitative estimate of drug-likeness (QED) is 0.490. The van der Waals surface area contributed by atoms with Crippen molar-refractivity contribution in [2.24, 2.45) is 11.1 Å². The van der Waals surface area contributed by atoms with Gasteiger partial charge in [0.05, 0.1) is 24.5 Å². The van der Waals surface area contributed by atoms with Gasteiger partial charge in [0.1, 0.15) is 22.8 Å². The van der Waals surface area contributed by atoms with Crippen molar-refractivity contribution in [2.75, 3.05) is 18.8 Å². The van der Waals surface area contributed by atoms with Crippen LogP contribution in [0, 0.1) is 17.3 Å². The van der Waals surface area contributed by atoms with E-state index < -0.39 is 17.8 Å². The van der Waals surface area contributed by atoms with Crippen LogP contribution < -0.4 is 11.5 Å². The summed E-state index contributed by atoms with van der Waals surface area (Å²) >= 11 is 0. The molecule has 2 aliphatic rings. The highest BCUT2D eigenvalue weighted by molar-refractivity contribution is 6.03. The zero-order valence-electron chi connectivity index (χ0n) is 20.5. The average molecular weight is 527 g/mol. The lowest BCUT2D eigenvalue weighted by atomic mass is 9.65. The molecule has 1 aliphatic carbocycles. The van der Waals surface area contributed by atoms with Gasteiger partial charge in [0.15, 0.2) is 0 Å². The summed E-state index contributed by atoms with van der Waals surface area (Å²) in [4.78, 5) is 29.9. The van der Waals surface area contributed by atoms with Crippen molar-refractivity contribution >= 4 is 17.6 Å². The molecule has 13 heteroatoms. The lowest BCUT2D eigenvalue weighted by Crippen LogP contribution is -2.42. The number of primary amides is 1. The molecule has 0 bridgehead atoms. The molecule has 0 aromatic carbocycles. The van der Waals surface area contributed by atoms with Gasteiger partial charge in [-0.3, -0.25) is 14.3 Å². The lowest BCUT2D eigenvalue weighted by Gasteiger charge is -2.45. The van der Waals surface area contributed by atoms with Gasteiger partial charge in [-0.2, -0.15) is 23.4 Å². The summed E-state index contributed by atoms with van der Waals surface area (Å²) in [5, 5.41) is 8.80. The Kier molecular flexibility index (Phi) is 6.13. The molecule has 38 heavy (non-hydrogen) atoms. The summed E-state index contributed by atoms with van der Waals surface area (Å²) in [7, 11) is 0. The molecule has 3 aromatic rings. The Morgan fingerprint density at radius 1 is 1.26 bits per heavy atom. The third-order valence-corrected chi connectivity index (χ3v) is 7.16. The van der Waals surface area contributed by atoms with E-state index in [1.807, 2.05) is 0 Å². The largest absolute Gasteiger partial charge is 0.433 e. The van der Waals surface area contributed by atoms with Crippen LogP contribution in [0.25, 0.3) is 11.3 Å².